The molecule has 1 aliphatic rings. The lowest BCUT2D eigenvalue weighted by Gasteiger charge is -2.12. The first kappa shape index (κ1) is 17.9. The maximum absolute atomic E-state index is 5.42. The van der Waals surface area contributed by atoms with Crippen molar-refractivity contribution in [2.45, 2.75) is 13.3 Å². The number of aryl methyl sites for hydroxylation is 1. The number of methoxy groups -OCH3 is 1. The molecule has 0 atom stereocenters. The summed E-state index contributed by atoms with van der Waals surface area (Å²) in [5, 5.41) is 6.66. The molecule has 7 nitrogen and oxygen atoms in total. The Hall–Kier alpha value is -3.48. The molecule has 0 spiro atoms. The van der Waals surface area contributed by atoms with E-state index in [1.807, 2.05) is 49.4 Å². The summed E-state index contributed by atoms with van der Waals surface area (Å²) < 4.78 is 16.2. The predicted octanol–water partition coefficient (Wildman–Crippen LogP) is 3.92. The van der Waals surface area contributed by atoms with E-state index in [2.05, 4.69) is 26.7 Å². The van der Waals surface area contributed by atoms with Gasteiger partial charge in [-0.3, -0.25) is 0 Å². The van der Waals surface area contributed by atoms with E-state index in [0.29, 0.717) is 11.6 Å². The highest BCUT2D eigenvalue weighted by Gasteiger charge is 2.13. The van der Waals surface area contributed by atoms with Crippen LogP contribution in [0.5, 0.6) is 17.2 Å². The Morgan fingerprint density at radius 1 is 1.00 bits per heavy atom. The molecule has 0 fully saturated rings. The van der Waals surface area contributed by atoms with E-state index in [0.717, 1.165) is 47.3 Å². The third-order valence-corrected chi connectivity index (χ3v) is 4.38. The maximum Gasteiger partial charge on any atom is 0.231 e. The van der Waals surface area contributed by atoms with Gasteiger partial charge in [0.25, 0.3) is 0 Å². The van der Waals surface area contributed by atoms with Crippen LogP contribution in [0.3, 0.4) is 0 Å². The second-order valence-electron chi connectivity index (χ2n) is 6.37. The van der Waals surface area contributed by atoms with Gasteiger partial charge in [-0.25, -0.2) is 9.97 Å². The second kappa shape index (κ2) is 8.04. The zero-order valence-electron chi connectivity index (χ0n) is 15.9. The van der Waals surface area contributed by atoms with Crippen LogP contribution < -0.4 is 24.8 Å². The van der Waals surface area contributed by atoms with Gasteiger partial charge in [-0.1, -0.05) is 18.2 Å². The molecule has 28 heavy (non-hydrogen) atoms. The minimum absolute atomic E-state index is 0.256. The van der Waals surface area contributed by atoms with Crippen LogP contribution in [-0.2, 0) is 6.42 Å². The fraction of sp³-hybridized carbons (Fsp3) is 0.238. The molecule has 0 unspecified atom stereocenters. The molecular weight excluding hydrogens is 356 g/mol. The molecule has 0 radical (unpaired) electrons. The molecule has 7 heteroatoms. The fourth-order valence-corrected chi connectivity index (χ4v) is 3.08. The van der Waals surface area contributed by atoms with Gasteiger partial charge in [-0.15, -0.1) is 0 Å². The average molecular weight is 378 g/mol. The Balaban J connectivity index is 1.42. The van der Waals surface area contributed by atoms with Gasteiger partial charge >= 0.3 is 0 Å². The quantitative estimate of drug-likeness (QED) is 0.645. The Morgan fingerprint density at radius 2 is 1.82 bits per heavy atom. The van der Waals surface area contributed by atoms with Gasteiger partial charge in [0, 0.05) is 24.4 Å². The van der Waals surface area contributed by atoms with Crippen molar-refractivity contribution in [3.8, 4) is 17.2 Å². The summed E-state index contributed by atoms with van der Waals surface area (Å²) in [6.45, 7) is 2.86. The van der Waals surface area contributed by atoms with E-state index in [4.69, 9.17) is 14.2 Å². The summed E-state index contributed by atoms with van der Waals surface area (Å²) >= 11 is 0. The number of hydrogen-bond acceptors (Lipinski definition) is 7. The highest BCUT2D eigenvalue weighted by molar-refractivity contribution is 5.63. The van der Waals surface area contributed by atoms with E-state index in [-0.39, 0.29) is 6.79 Å². The summed E-state index contributed by atoms with van der Waals surface area (Å²) in [7, 11) is 1.69. The summed E-state index contributed by atoms with van der Waals surface area (Å²) in [5.74, 6) is 4.55. The maximum atomic E-state index is 5.42. The van der Waals surface area contributed by atoms with Gasteiger partial charge < -0.3 is 24.8 Å². The number of rotatable bonds is 7. The van der Waals surface area contributed by atoms with E-state index >= 15 is 0 Å². The van der Waals surface area contributed by atoms with Crippen LogP contribution in [-0.4, -0.2) is 30.4 Å². The molecule has 0 saturated carbocycles. The van der Waals surface area contributed by atoms with E-state index in [9.17, 15) is 0 Å². The first-order chi connectivity index (χ1) is 13.7. The summed E-state index contributed by atoms with van der Waals surface area (Å²) in [4.78, 5) is 8.93. The van der Waals surface area contributed by atoms with Crippen molar-refractivity contribution in [3.63, 3.8) is 0 Å². The summed E-state index contributed by atoms with van der Waals surface area (Å²) in [6.07, 6.45) is 0.831. The Labute approximate surface area is 163 Å². The molecule has 0 saturated heterocycles. The lowest BCUT2D eigenvalue weighted by molar-refractivity contribution is 0.174. The molecule has 1 aromatic heterocycles. The third kappa shape index (κ3) is 4.09. The minimum Gasteiger partial charge on any atom is -0.496 e. The molecule has 144 valence electrons. The first-order valence-electron chi connectivity index (χ1n) is 9.09. The zero-order valence-corrected chi connectivity index (χ0v) is 15.9. The van der Waals surface area contributed by atoms with Gasteiger partial charge in [-0.05, 0) is 37.1 Å². The van der Waals surface area contributed by atoms with Crippen molar-refractivity contribution >= 4 is 17.3 Å². The largest absolute Gasteiger partial charge is 0.496 e. The third-order valence-electron chi connectivity index (χ3n) is 4.38. The van der Waals surface area contributed by atoms with Gasteiger partial charge in [0.05, 0.1) is 7.11 Å². The van der Waals surface area contributed by atoms with Crippen LogP contribution in [0.25, 0.3) is 0 Å². The van der Waals surface area contributed by atoms with Crippen molar-refractivity contribution in [1.29, 1.82) is 0 Å². The molecule has 0 amide bonds. The number of aromatic nitrogens is 2. The van der Waals surface area contributed by atoms with Gasteiger partial charge in [0.1, 0.15) is 23.2 Å². The number of anilines is 3. The monoisotopic (exact) mass is 378 g/mol. The number of nitrogens with zero attached hydrogens (tertiary/aromatic N) is 2. The van der Waals surface area contributed by atoms with Crippen LogP contribution in [0.4, 0.5) is 17.3 Å². The Bertz CT molecular complexity index is 978. The van der Waals surface area contributed by atoms with Gasteiger partial charge in [0.2, 0.25) is 6.79 Å². The van der Waals surface area contributed by atoms with Crippen LogP contribution in [0.2, 0.25) is 0 Å². The standard InChI is InChI=1S/C21H22N4O3/c1-14-23-20(22-10-9-15-5-3-4-6-17(15)26-2)12-21(24-14)25-16-7-8-18-19(11-16)28-13-27-18/h3-8,11-12H,9-10,13H2,1-2H3,(H2,22,23,24,25). The molecule has 2 N–H and O–H groups in total. The molecule has 0 bridgehead atoms. The van der Waals surface area contributed by atoms with Gasteiger partial charge in [0.15, 0.2) is 11.5 Å². The first-order valence-corrected chi connectivity index (χ1v) is 9.09. The number of para-hydroxylation sites is 1. The number of nitrogens with one attached hydrogen (secondary N) is 2. The SMILES string of the molecule is COc1ccccc1CCNc1cc(Nc2ccc3c(c2)OCO3)nc(C)n1. The fourth-order valence-electron chi connectivity index (χ4n) is 3.08. The topological polar surface area (TPSA) is 77.5 Å². The van der Waals surface area contributed by atoms with Crippen molar-refractivity contribution in [2.24, 2.45) is 0 Å². The van der Waals surface area contributed by atoms with Crippen LogP contribution in [0.1, 0.15) is 11.4 Å². The Morgan fingerprint density at radius 3 is 2.71 bits per heavy atom. The number of ether oxygens (including phenoxy) is 3. The normalized spacial score (nSPS) is 11.9. The predicted molar refractivity (Wildman–Crippen MR) is 108 cm³/mol. The lowest BCUT2D eigenvalue weighted by atomic mass is 10.1. The van der Waals surface area contributed by atoms with E-state index in [1.54, 1.807) is 7.11 Å². The van der Waals surface area contributed by atoms with Crippen molar-refractivity contribution in [1.82, 2.24) is 9.97 Å². The lowest BCUT2D eigenvalue weighted by Crippen LogP contribution is -2.09. The van der Waals surface area contributed by atoms with Gasteiger partial charge in [-0.2, -0.15) is 0 Å². The molecule has 4 rings (SSSR count). The number of benzene rings is 2. The second-order valence-corrected chi connectivity index (χ2v) is 6.37. The van der Waals surface area contributed by atoms with Crippen LogP contribution in [0, 0.1) is 6.92 Å². The molecule has 2 aromatic carbocycles. The van der Waals surface area contributed by atoms with Crippen LogP contribution in [0.15, 0.2) is 48.5 Å². The molecule has 3 aromatic rings. The zero-order chi connectivity index (χ0) is 19.3. The molecule has 1 aliphatic heterocycles. The molecular formula is C21H22N4O3. The highest BCUT2D eigenvalue weighted by Crippen LogP contribution is 2.35. The minimum atomic E-state index is 0.256. The summed E-state index contributed by atoms with van der Waals surface area (Å²) in [5.41, 5.74) is 2.03. The molecule has 0 aliphatic carbocycles. The van der Waals surface area contributed by atoms with E-state index < -0.39 is 0 Å². The average Bonchev–Trinajstić information content (AvgIpc) is 3.16. The summed E-state index contributed by atoms with van der Waals surface area (Å²) in [6, 6.07) is 15.6. The van der Waals surface area contributed by atoms with E-state index in [1.165, 1.54) is 0 Å². The smallest absolute Gasteiger partial charge is 0.231 e. The van der Waals surface area contributed by atoms with Crippen LogP contribution >= 0.6 is 0 Å². The molecule has 2 heterocycles. The number of fused-ring (bicyclic) bond motifs is 1. The highest BCUT2D eigenvalue weighted by atomic mass is 16.7. The van der Waals surface area contributed by atoms with Crippen molar-refractivity contribution in [2.75, 3.05) is 31.1 Å². The number of hydrogen-bond donors (Lipinski definition) is 2. The van der Waals surface area contributed by atoms with Crippen molar-refractivity contribution < 1.29 is 14.2 Å². The van der Waals surface area contributed by atoms with Crippen molar-refractivity contribution in [3.05, 3.63) is 59.9 Å². The Kier molecular flexibility index (Phi) is 5.14.